The van der Waals surface area contributed by atoms with E-state index in [0.29, 0.717) is 5.65 Å². The summed E-state index contributed by atoms with van der Waals surface area (Å²) in [6.07, 6.45) is 1.69. The van der Waals surface area contributed by atoms with E-state index >= 15 is 0 Å². The lowest BCUT2D eigenvalue weighted by atomic mass is 10.4. The van der Waals surface area contributed by atoms with Crippen LogP contribution in [0, 0.1) is 0 Å². The fourth-order valence-electron chi connectivity index (χ4n) is 0.690. The molecule has 0 aromatic carbocycles. The number of hydrogen-bond acceptors (Lipinski definition) is 4. The Bertz CT molecular complexity index is 416. The third-order valence-electron chi connectivity index (χ3n) is 1.10. The zero-order chi connectivity index (χ0) is 10.6. The van der Waals surface area contributed by atoms with Crippen molar-refractivity contribution in [2.24, 2.45) is 0 Å². The summed E-state index contributed by atoms with van der Waals surface area (Å²) in [5.41, 5.74) is 1.54. The van der Waals surface area contributed by atoms with Crippen LogP contribution in [-0.2, 0) is 4.57 Å². The summed E-state index contributed by atoms with van der Waals surface area (Å²) in [5.74, 6) is 0. The number of aromatic amines is 1. The number of halogens is 1. The molecule has 0 spiro atoms. The van der Waals surface area contributed by atoms with E-state index in [4.69, 9.17) is 14.4 Å². The molecule has 2 aromatic rings. The topological polar surface area (TPSA) is 112 Å². The molecule has 0 saturated carbocycles. The zero-order valence-corrected chi connectivity index (χ0v) is 7.60. The molecule has 0 aliphatic rings. The van der Waals surface area contributed by atoms with Crippen molar-refractivity contribution in [2.75, 3.05) is 0 Å². The number of nitrogens with zero attached hydrogens (tertiary/aromatic N) is 3. The van der Waals surface area contributed by atoms with Crippen LogP contribution in [0.3, 0.4) is 0 Å². The summed E-state index contributed by atoms with van der Waals surface area (Å²) in [6.45, 7) is 0. The van der Waals surface area contributed by atoms with Gasteiger partial charge < -0.3 is 0 Å². The van der Waals surface area contributed by atoms with Crippen LogP contribution in [0.5, 0.6) is 0 Å². The lowest BCUT2D eigenvalue weighted by Gasteiger charge is -1.78. The van der Waals surface area contributed by atoms with Gasteiger partial charge in [-0.15, -0.1) is 9.30 Å². The van der Waals surface area contributed by atoms with Crippen LogP contribution in [0.2, 0.25) is 0 Å². The van der Waals surface area contributed by atoms with E-state index in [2.05, 4.69) is 20.4 Å². The zero-order valence-electron chi connectivity index (χ0n) is 6.70. The second kappa shape index (κ2) is 4.23. The highest BCUT2D eigenvalue weighted by Gasteiger charge is 2.04. The fraction of sp³-hybridized carbons (Fsp3) is 0. The van der Waals surface area contributed by atoms with E-state index in [1.165, 1.54) is 0 Å². The van der Waals surface area contributed by atoms with E-state index in [0.717, 1.165) is 5.52 Å². The molecule has 0 radical (unpaired) electrons. The summed E-state index contributed by atoms with van der Waals surface area (Å²) < 4.78 is 19.0. The minimum Gasteiger partial charge on any atom is -0.299 e. The maximum Gasteiger partial charge on any atom is 0.507 e. The van der Waals surface area contributed by atoms with Gasteiger partial charge in [-0.25, -0.2) is 9.55 Å². The standard InChI is InChI=1S/C5H4N4.FH2O3P/c1-2-4-5(6-3-1)8-9-7-4;1-5(2,3)4/h1-3H,(H,6,7,8,9);(H2,2,3,4). The molecular formula is C5H6FN4O3P. The highest BCUT2D eigenvalue weighted by Crippen LogP contribution is 2.34. The number of fused-ring (bicyclic) bond motifs is 1. The van der Waals surface area contributed by atoms with Gasteiger partial charge in [0.2, 0.25) is 5.65 Å². The van der Waals surface area contributed by atoms with Gasteiger partial charge in [-0.1, -0.05) is 5.21 Å². The second-order valence-electron chi connectivity index (χ2n) is 2.16. The number of rotatable bonds is 0. The number of pyridine rings is 1. The third-order valence-corrected chi connectivity index (χ3v) is 1.10. The Hall–Kier alpha value is -1.37. The molecule has 76 valence electrons. The van der Waals surface area contributed by atoms with Gasteiger partial charge in [0.1, 0.15) is 5.52 Å². The second-order valence-corrected chi connectivity index (χ2v) is 3.11. The Labute approximate surface area is 77.3 Å². The molecule has 2 rings (SSSR count). The maximum absolute atomic E-state index is 10.4. The van der Waals surface area contributed by atoms with Gasteiger partial charge in [-0.2, -0.15) is 0 Å². The monoisotopic (exact) mass is 220 g/mol. The SMILES string of the molecule is O=P(O)(O)F.c1cnc2nn[nH]c2c1. The minimum absolute atomic E-state index is 0.664. The number of H-pyrrole nitrogens is 1. The van der Waals surface area contributed by atoms with Crippen LogP contribution in [0.15, 0.2) is 18.3 Å². The first kappa shape index (κ1) is 10.7. The Kier molecular flexibility index (Phi) is 3.23. The lowest BCUT2D eigenvalue weighted by Crippen LogP contribution is -1.71. The summed E-state index contributed by atoms with van der Waals surface area (Å²) in [4.78, 5) is 17.9. The number of nitrogens with one attached hydrogen (secondary N) is 1. The molecule has 2 heterocycles. The van der Waals surface area contributed by atoms with Crippen molar-refractivity contribution in [3.63, 3.8) is 0 Å². The van der Waals surface area contributed by atoms with Crippen molar-refractivity contribution in [3.05, 3.63) is 18.3 Å². The fourth-order valence-corrected chi connectivity index (χ4v) is 0.690. The predicted molar refractivity (Wildman–Crippen MR) is 44.8 cm³/mol. The van der Waals surface area contributed by atoms with E-state index in [1.807, 2.05) is 12.1 Å². The van der Waals surface area contributed by atoms with Gasteiger partial charge in [0.15, 0.2) is 0 Å². The number of hydrogen-bond donors (Lipinski definition) is 3. The molecule has 14 heavy (non-hydrogen) atoms. The van der Waals surface area contributed by atoms with Crippen molar-refractivity contribution in [2.45, 2.75) is 0 Å². The highest BCUT2D eigenvalue weighted by molar-refractivity contribution is 7.45. The molecule has 0 unspecified atom stereocenters. The van der Waals surface area contributed by atoms with E-state index in [-0.39, 0.29) is 0 Å². The summed E-state index contributed by atoms with van der Waals surface area (Å²) >= 11 is 0. The molecule has 0 amide bonds. The van der Waals surface area contributed by atoms with E-state index in [9.17, 15) is 4.20 Å². The van der Waals surface area contributed by atoms with Crippen molar-refractivity contribution in [1.82, 2.24) is 20.4 Å². The smallest absolute Gasteiger partial charge is 0.299 e. The predicted octanol–water partition coefficient (Wildman–Crippen LogP) is 0.402. The molecule has 3 N–H and O–H groups in total. The van der Waals surface area contributed by atoms with Gasteiger partial charge in [0, 0.05) is 6.20 Å². The Morgan fingerprint density at radius 2 is 2.14 bits per heavy atom. The average molecular weight is 220 g/mol. The van der Waals surface area contributed by atoms with Crippen LogP contribution in [0.25, 0.3) is 11.2 Å². The lowest BCUT2D eigenvalue weighted by molar-refractivity contribution is 0.322. The maximum atomic E-state index is 10.4. The molecule has 0 aliphatic heterocycles. The van der Waals surface area contributed by atoms with Gasteiger partial charge in [0.25, 0.3) is 0 Å². The molecule has 2 aromatic heterocycles. The van der Waals surface area contributed by atoms with Gasteiger partial charge >= 0.3 is 7.91 Å². The van der Waals surface area contributed by atoms with E-state index < -0.39 is 7.91 Å². The summed E-state index contributed by atoms with van der Waals surface area (Å²) in [6, 6.07) is 3.71. The van der Waals surface area contributed by atoms with Gasteiger partial charge in [0.05, 0.1) is 0 Å². The minimum atomic E-state index is -5.14. The van der Waals surface area contributed by atoms with Crippen LogP contribution in [-0.4, -0.2) is 30.2 Å². The molecule has 0 saturated heterocycles. The largest absolute Gasteiger partial charge is 0.507 e. The third kappa shape index (κ3) is 4.04. The normalized spacial score (nSPS) is 10.8. The average Bonchev–Trinajstić information content (AvgIpc) is 2.47. The first-order valence-electron chi connectivity index (χ1n) is 3.34. The molecular weight excluding hydrogens is 214 g/mol. The molecule has 7 nitrogen and oxygen atoms in total. The van der Waals surface area contributed by atoms with Gasteiger partial charge in [-0.3, -0.25) is 14.9 Å². The Balaban J connectivity index is 0.000000171. The van der Waals surface area contributed by atoms with E-state index in [1.54, 1.807) is 6.20 Å². The van der Waals surface area contributed by atoms with Crippen LogP contribution in [0.4, 0.5) is 4.20 Å². The van der Waals surface area contributed by atoms with Gasteiger partial charge in [-0.05, 0) is 12.1 Å². The molecule has 0 atom stereocenters. The van der Waals surface area contributed by atoms with Crippen molar-refractivity contribution < 1.29 is 18.5 Å². The van der Waals surface area contributed by atoms with Crippen molar-refractivity contribution in [1.29, 1.82) is 0 Å². The first-order valence-corrected chi connectivity index (χ1v) is 4.84. The number of aromatic nitrogens is 4. The highest BCUT2D eigenvalue weighted by atomic mass is 31.2. The van der Waals surface area contributed by atoms with Crippen LogP contribution in [0.1, 0.15) is 0 Å². The molecule has 0 aliphatic carbocycles. The first-order chi connectivity index (χ1) is 6.47. The van der Waals surface area contributed by atoms with Crippen LogP contribution < -0.4 is 0 Å². The summed E-state index contributed by atoms with van der Waals surface area (Å²) in [5, 5.41) is 9.96. The van der Waals surface area contributed by atoms with Crippen molar-refractivity contribution in [3.8, 4) is 0 Å². The quantitative estimate of drug-likeness (QED) is 0.554. The summed E-state index contributed by atoms with van der Waals surface area (Å²) in [7, 11) is -5.14. The van der Waals surface area contributed by atoms with Crippen LogP contribution >= 0.6 is 7.91 Å². The molecule has 9 heteroatoms. The molecule has 0 bridgehead atoms. The van der Waals surface area contributed by atoms with Crippen molar-refractivity contribution >= 4 is 19.1 Å². The Morgan fingerprint density at radius 1 is 1.50 bits per heavy atom. The molecule has 0 fully saturated rings. The Morgan fingerprint density at radius 3 is 2.71 bits per heavy atom.